The summed E-state index contributed by atoms with van der Waals surface area (Å²) in [5.74, 6) is -0.693. The van der Waals surface area contributed by atoms with Crippen molar-refractivity contribution >= 4 is 11.8 Å². The number of nitrogens with one attached hydrogen (secondary N) is 1. The van der Waals surface area contributed by atoms with Crippen LogP contribution in [0, 0.1) is 5.41 Å². The fourth-order valence-corrected chi connectivity index (χ4v) is 5.82. The summed E-state index contributed by atoms with van der Waals surface area (Å²) < 4.78 is 59.5. The van der Waals surface area contributed by atoms with Crippen molar-refractivity contribution < 1.29 is 37.0 Å². The Morgan fingerprint density at radius 3 is 2.32 bits per heavy atom. The zero-order valence-corrected chi connectivity index (χ0v) is 21.6. The second-order valence-corrected chi connectivity index (χ2v) is 9.82. The van der Waals surface area contributed by atoms with E-state index in [4.69, 9.17) is 14.2 Å². The first-order valence-corrected chi connectivity index (χ1v) is 12.6. The van der Waals surface area contributed by atoms with Crippen molar-refractivity contribution in [2.24, 2.45) is 5.41 Å². The van der Waals surface area contributed by atoms with Crippen LogP contribution in [0.5, 0.6) is 5.75 Å². The van der Waals surface area contributed by atoms with E-state index in [1.165, 1.54) is 29.2 Å². The number of halogens is 3. The Kier molecular flexibility index (Phi) is 8.32. The molecule has 2 aromatic rings. The average molecular weight is 535 g/mol. The lowest BCUT2D eigenvalue weighted by atomic mass is 9.62. The maximum Gasteiger partial charge on any atom is 0.430 e. The normalized spacial score (nSPS) is 21.0. The van der Waals surface area contributed by atoms with Gasteiger partial charge in [0, 0.05) is 51.8 Å². The largest absolute Gasteiger partial charge is 0.491 e. The number of rotatable bonds is 8. The molecule has 206 valence electrons. The van der Waals surface area contributed by atoms with Crippen LogP contribution in [0.25, 0.3) is 0 Å². The number of hydrogen-bond acceptors (Lipinski definition) is 5. The van der Waals surface area contributed by atoms with Gasteiger partial charge in [-0.25, -0.2) is 0 Å². The van der Waals surface area contributed by atoms with Crippen molar-refractivity contribution in [3.05, 3.63) is 65.7 Å². The van der Waals surface area contributed by atoms with Gasteiger partial charge in [-0.05, 0) is 29.9 Å². The maximum atomic E-state index is 14.5. The van der Waals surface area contributed by atoms with Crippen molar-refractivity contribution in [2.45, 2.75) is 37.0 Å². The molecule has 1 spiro atoms. The van der Waals surface area contributed by atoms with Gasteiger partial charge in [0.1, 0.15) is 12.4 Å². The minimum absolute atomic E-state index is 0.0728. The van der Waals surface area contributed by atoms with Crippen LogP contribution in [0.3, 0.4) is 0 Å². The van der Waals surface area contributed by atoms with E-state index in [1.807, 2.05) is 24.3 Å². The minimum Gasteiger partial charge on any atom is -0.491 e. The van der Waals surface area contributed by atoms with Crippen LogP contribution in [0.2, 0.25) is 0 Å². The number of amides is 2. The number of likely N-dealkylation sites (tertiary alicyclic amines) is 1. The van der Waals surface area contributed by atoms with Gasteiger partial charge in [0.2, 0.25) is 5.91 Å². The first-order chi connectivity index (χ1) is 18.2. The average Bonchev–Trinajstić information content (AvgIpc) is 2.90. The third kappa shape index (κ3) is 5.11. The van der Waals surface area contributed by atoms with Gasteiger partial charge in [-0.1, -0.05) is 48.5 Å². The molecule has 1 unspecified atom stereocenters. The standard InChI is InChI=1S/C28H33F3N2O5/c1-36-16-17-38-23-11-7-6-10-21(23)22-19-32-24(34)18-26(22)12-14-33(15-13-26)25(35)27(37-2,28(29,30)31)20-8-4-3-5-9-20/h3-11,22H,12-19H2,1-2H3,(H,32,34)/t22?,27-/m1/s1. The number of ether oxygens (including phenoxy) is 3. The van der Waals surface area contributed by atoms with Crippen LogP contribution in [0.4, 0.5) is 13.2 Å². The zero-order valence-electron chi connectivity index (χ0n) is 21.6. The molecule has 2 saturated heterocycles. The van der Waals surface area contributed by atoms with E-state index >= 15 is 0 Å². The molecule has 2 fully saturated rings. The topological polar surface area (TPSA) is 77.1 Å². The van der Waals surface area contributed by atoms with Gasteiger partial charge < -0.3 is 24.4 Å². The Morgan fingerprint density at radius 2 is 1.68 bits per heavy atom. The lowest BCUT2D eigenvalue weighted by molar-refractivity contribution is -0.271. The maximum absolute atomic E-state index is 14.5. The monoisotopic (exact) mass is 534 g/mol. The molecule has 2 atom stereocenters. The quantitative estimate of drug-likeness (QED) is 0.518. The van der Waals surface area contributed by atoms with E-state index in [9.17, 15) is 22.8 Å². The summed E-state index contributed by atoms with van der Waals surface area (Å²) in [5, 5.41) is 2.94. The molecule has 0 aliphatic carbocycles. The molecule has 38 heavy (non-hydrogen) atoms. The highest BCUT2D eigenvalue weighted by atomic mass is 19.4. The molecule has 4 rings (SSSR count). The summed E-state index contributed by atoms with van der Waals surface area (Å²) in [6, 6.07) is 14.6. The Hall–Kier alpha value is -3.11. The second kappa shape index (κ2) is 11.3. The van der Waals surface area contributed by atoms with Gasteiger partial charge in [0.15, 0.2) is 0 Å². The van der Waals surface area contributed by atoms with Gasteiger partial charge >= 0.3 is 6.18 Å². The van der Waals surface area contributed by atoms with Crippen LogP contribution in [-0.4, -0.2) is 70.0 Å². The molecular formula is C28H33F3N2O5. The van der Waals surface area contributed by atoms with E-state index in [0.717, 1.165) is 12.7 Å². The number of para-hydroxylation sites is 1. The van der Waals surface area contributed by atoms with E-state index in [1.54, 1.807) is 13.2 Å². The number of hydrogen-bond donors (Lipinski definition) is 1. The molecule has 2 aliphatic rings. The summed E-state index contributed by atoms with van der Waals surface area (Å²) in [7, 11) is 2.50. The Labute approximate surface area is 220 Å². The molecule has 0 aromatic heterocycles. The van der Waals surface area contributed by atoms with Gasteiger partial charge in [0.05, 0.1) is 6.61 Å². The number of benzene rings is 2. The highest BCUT2D eigenvalue weighted by molar-refractivity contribution is 5.88. The molecule has 2 aromatic carbocycles. The summed E-state index contributed by atoms with van der Waals surface area (Å²) in [5.41, 5.74) is -2.98. The fourth-order valence-electron chi connectivity index (χ4n) is 5.82. The number of carbonyl (C=O) groups excluding carboxylic acids is 2. The van der Waals surface area contributed by atoms with E-state index in [-0.39, 0.29) is 36.9 Å². The Bertz CT molecular complexity index is 1120. The minimum atomic E-state index is -4.97. The predicted molar refractivity (Wildman–Crippen MR) is 134 cm³/mol. The number of alkyl halides is 3. The summed E-state index contributed by atoms with van der Waals surface area (Å²) >= 11 is 0. The van der Waals surface area contributed by atoms with Gasteiger partial charge in [-0.3, -0.25) is 9.59 Å². The molecule has 10 heteroatoms. The van der Waals surface area contributed by atoms with Crippen LogP contribution in [-0.2, 0) is 24.7 Å². The van der Waals surface area contributed by atoms with Crippen LogP contribution in [0.1, 0.15) is 36.3 Å². The Morgan fingerprint density at radius 1 is 1.03 bits per heavy atom. The first kappa shape index (κ1) is 27.9. The number of methoxy groups -OCH3 is 2. The Balaban J connectivity index is 1.61. The second-order valence-electron chi connectivity index (χ2n) is 9.82. The van der Waals surface area contributed by atoms with Crippen molar-refractivity contribution in [1.29, 1.82) is 0 Å². The number of carbonyl (C=O) groups is 2. The number of piperidine rings is 2. The third-order valence-electron chi connectivity index (χ3n) is 7.83. The van der Waals surface area contributed by atoms with E-state index in [2.05, 4.69) is 5.32 Å². The van der Waals surface area contributed by atoms with Gasteiger partial charge in [0.25, 0.3) is 11.5 Å². The van der Waals surface area contributed by atoms with Crippen LogP contribution < -0.4 is 10.1 Å². The molecule has 2 aliphatic heterocycles. The van der Waals surface area contributed by atoms with Gasteiger partial charge in [-0.15, -0.1) is 0 Å². The lowest BCUT2D eigenvalue weighted by Gasteiger charge is -2.50. The number of nitrogens with zero attached hydrogens (tertiary/aromatic N) is 1. The first-order valence-electron chi connectivity index (χ1n) is 12.6. The molecular weight excluding hydrogens is 501 g/mol. The molecule has 7 nitrogen and oxygen atoms in total. The predicted octanol–water partition coefficient (Wildman–Crippen LogP) is 4.03. The summed E-state index contributed by atoms with van der Waals surface area (Å²) in [6.07, 6.45) is -4.01. The third-order valence-corrected chi connectivity index (χ3v) is 7.83. The molecule has 0 radical (unpaired) electrons. The SMILES string of the molecule is COCCOc1ccccc1C1CNC(=O)CC12CCN(C(=O)[C@](OC)(c1ccccc1)C(F)(F)F)CC2. The van der Waals surface area contributed by atoms with Crippen molar-refractivity contribution in [3.63, 3.8) is 0 Å². The van der Waals surface area contributed by atoms with Crippen LogP contribution in [0.15, 0.2) is 54.6 Å². The fraction of sp³-hybridized carbons (Fsp3) is 0.500. The molecule has 2 heterocycles. The van der Waals surface area contributed by atoms with Gasteiger partial charge in [-0.2, -0.15) is 13.2 Å². The highest BCUT2D eigenvalue weighted by Gasteiger charge is 2.64. The van der Waals surface area contributed by atoms with Crippen molar-refractivity contribution in [1.82, 2.24) is 10.2 Å². The van der Waals surface area contributed by atoms with Crippen molar-refractivity contribution in [2.75, 3.05) is 47.1 Å². The molecule has 1 N–H and O–H groups in total. The molecule has 0 saturated carbocycles. The highest BCUT2D eigenvalue weighted by Crippen LogP contribution is 2.52. The van der Waals surface area contributed by atoms with E-state index in [0.29, 0.717) is 38.3 Å². The summed E-state index contributed by atoms with van der Waals surface area (Å²) in [4.78, 5) is 27.3. The summed E-state index contributed by atoms with van der Waals surface area (Å²) in [6.45, 7) is 1.30. The van der Waals surface area contributed by atoms with E-state index < -0.39 is 23.1 Å². The zero-order chi connectivity index (χ0) is 27.4. The molecule has 0 bridgehead atoms. The van der Waals surface area contributed by atoms with Crippen LogP contribution >= 0.6 is 0 Å². The smallest absolute Gasteiger partial charge is 0.430 e. The molecule has 2 amide bonds. The van der Waals surface area contributed by atoms with Crippen molar-refractivity contribution in [3.8, 4) is 5.75 Å². The lowest BCUT2D eigenvalue weighted by Crippen LogP contribution is -2.60.